The zero-order valence-corrected chi connectivity index (χ0v) is 12.4. The number of halogens is 3. The predicted octanol–water partition coefficient (Wildman–Crippen LogP) is 3.93. The molecule has 2 nitrogen and oxygen atoms in total. The Hall–Kier alpha value is -0.160. The van der Waals surface area contributed by atoms with Gasteiger partial charge in [-0.05, 0) is 42.4 Å². The lowest BCUT2D eigenvalue weighted by atomic mass is 10.0. The fourth-order valence-electron chi connectivity index (χ4n) is 1.64. The monoisotopic (exact) mass is 323 g/mol. The first-order valence-corrected chi connectivity index (χ1v) is 6.51. The molecule has 0 bridgehead atoms. The molecule has 0 aromatic heterocycles. The summed E-state index contributed by atoms with van der Waals surface area (Å²) in [6.45, 7) is 1.95. The molecule has 1 N–H and O–H groups in total. The minimum atomic E-state index is -0.385. The SMILES string of the molecule is CNC(CC(C)OC)c1ccc(Br)c(Cl)c1F. The van der Waals surface area contributed by atoms with Gasteiger partial charge in [0, 0.05) is 23.2 Å². The summed E-state index contributed by atoms with van der Waals surface area (Å²) in [6.07, 6.45) is 0.733. The van der Waals surface area contributed by atoms with Gasteiger partial charge in [-0.3, -0.25) is 0 Å². The molecule has 96 valence electrons. The minimum Gasteiger partial charge on any atom is -0.382 e. The fraction of sp³-hybridized carbons (Fsp3) is 0.500. The summed E-state index contributed by atoms with van der Waals surface area (Å²) in [7, 11) is 3.44. The highest BCUT2D eigenvalue weighted by Crippen LogP contribution is 2.31. The highest BCUT2D eigenvalue weighted by Gasteiger charge is 2.19. The summed E-state index contributed by atoms with van der Waals surface area (Å²) in [4.78, 5) is 0. The first kappa shape index (κ1) is 14.9. The van der Waals surface area contributed by atoms with Crippen molar-refractivity contribution in [3.63, 3.8) is 0 Å². The van der Waals surface area contributed by atoms with Gasteiger partial charge in [-0.25, -0.2) is 4.39 Å². The lowest BCUT2D eigenvalue weighted by molar-refractivity contribution is 0.101. The van der Waals surface area contributed by atoms with Crippen molar-refractivity contribution in [2.24, 2.45) is 0 Å². The standard InChI is InChI=1S/C12H16BrClFNO/c1-7(17-3)6-10(16-2)8-4-5-9(13)11(14)12(8)15/h4-5,7,10,16H,6H2,1-3H3. The van der Waals surface area contributed by atoms with E-state index in [-0.39, 0.29) is 23.0 Å². The van der Waals surface area contributed by atoms with Crippen molar-refractivity contribution < 1.29 is 9.13 Å². The van der Waals surface area contributed by atoms with Gasteiger partial charge >= 0.3 is 0 Å². The molecule has 0 aliphatic rings. The number of methoxy groups -OCH3 is 1. The van der Waals surface area contributed by atoms with Gasteiger partial charge in [0.2, 0.25) is 0 Å². The molecule has 17 heavy (non-hydrogen) atoms. The molecule has 5 heteroatoms. The molecule has 2 unspecified atom stereocenters. The average molecular weight is 325 g/mol. The van der Waals surface area contributed by atoms with Gasteiger partial charge in [0.25, 0.3) is 0 Å². The number of ether oxygens (including phenoxy) is 1. The molecule has 0 fully saturated rings. The summed E-state index contributed by atoms with van der Waals surface area (Å²) >= 11 is 9.07. The van der Waals surface area contributed by atoms with Crippen LogP contribution in [-0.4, -0.2) is 20.3 Å². The van der Waals surface area contributed by atoms with Crippen molar-refractivity contribution in [2.75, 3.05) is 14.2 Å². The normalized spacial score (nSPS) is 14.7. The van der Waals surface area contributed by atoms with Crippen LogP contribution in [0.2, 0.25) is 5.02 Å². The van der Waals surface area contributed by atoms with Crippen molar-refractivity contribution >= 4 is 27.5 Å². The van der Waals surface area contributed by atoms with Gasteiger partial charge in [-0.15, -0.1) is 0 Å². The van der Waals surface area contributed by atoms with Crippen molar-refractivity contribution in [2.45, 2.75) is 25.5 Å². The van der Waals surface area contributed by atoms with Crippen LogP contribution in [0.15, 0.2) is 16.6 Å². The Morgan fingerprint density at radius 2 is 2.18 bits per heavy atom. The number of rotatable bonds is 5. The second-order valence-electron chi connectivity index (χ2n) is 3.89. The molecule has 0 radical (unpaired) electrons. The van der Waals surface area contributed by atoms with Crippen molar-refractivity contribution in [3.8, 4) is 0 Å². The summed E-state index contributed by atoms with van der Waals surface area (Å²) in [5.41, 5.74) is 0.560. The molecular weight excluding hydrogens is 308 g/mol. The molecule has 2 atom stereocenters. The Labute approximate surface area is 115 Å². The van der Waals surface area contributed by atoms with Crippen molar-refractivity contribution in [1.29, 1.82) is 0 Å². The Morgan fingerprint density at radius 3 is 2.71 bits per heavy atom. The van der Waals surface area contributed by atoms with Gasteiger partial charge in [-0.2, -0.15) is 0 Å². The maximum Gasteiger partial charge on any atom is 0.147 e. The Morgan fingerprint density at radius 1 is 1.53 bits per heavy atom. The van der Waals surface area contributed by atoms with Crippen molar-refractivity contribution in [3.05, 3.63) is 33.0 Å². The zero-order chi connectivity index (χ0) is 13.0. The molecule has 0 saturated carbocycles. The third-order valence-corrected chi connectivity index (χ3v) is 4.02. The molecule has 1 aromatic rings. The Kier molecular flexibility index (Phi) is 5.86. The Balaban J connectivity index is 3.00. The van der Waals surface area contributed by atoms with Crippen LogP contribution in [0.5, 0.6) is 0 Å². The van der Waals surface area contributed by atoms with Crippen LogP contribution in [0.3, 0.4) is 0 Å². The molecule has 0 spiro atoms. The lowest BCUT2D eigenvalue weighted by Crippen LogP contribution is -2.23. The van der Waals surface area contributed by atoms with Crippen LogP contribution in [0, 0.1) is 5.82 Å². The minimum absolute atomic E-state index is 0.0503. The van der Waals surface area contributed by atoms with E-state index in [4.69, 9.17) is 16.3 Å². The fourth-order valence-corrected chi connectivity index (χ4v) is 2.12. The quantitative estimate of drug-likeness (QED) is 0.829. The van der Waals surface area contributed by atoms with Crippen LogP contribution >= 0.6 is 27.5 Å². The van der Waals surface area contributed by atoms with E-state index in [1.54, 1.807) is 26.3 Å². The summed E-state index contributed by atoms with van der Waals surface area (Å²) in [5, 5.41) is 3.20. The van der Waals surface area contributed by atoms with Crippen LogP contribution in [0.4, 0.5) is 4.39 Å². The second kappa shape index (κ2) is 6.69. The number of hydrogen-bond acceptors (Lipinski definition) is 2. The first-order valence-electron chi connectivity index (χ1n) is 5.34. The van der Waals surface area contributed by atoms with Crippen LogP contribution in [0.1, 0.15) is 24.9 Å². The topological polar surface area (TPSA) is 21.3 Å². The zero-order valence-electron chi connectivity index (χ0n) is 10.1. The van der Waals surface area contributed by atoms with Gasteiger partial charge in [0.05, 0.1) is 11.1 Å². The van der Waals surface area contributed by atoms with Gasteiger partial charge < -0.3 is 10.1 Å². The average Bonchev–Trinajstić information content (AvgIpc) is 2.33. The van der Waals surface area contributed by atoms with E-state index in [2.05, 4.69) is 21.2 Å². The van der Waals surface area contributed by atoms with Gasteiger partial charge in [0.1, 0.15) is 5.82 Å². The van der Waals surface area contributed by atoms with E-state index in [0.29, 0.717) is 16.5 Å². The maximum absolute atomic E-state index is 14.0. The largest absolute Gasteiger partial charge is 0.382 e. The molecule has 0 aliphatic carbocycles. The van der Waals surface area contributed by atoms with Crippen LogP contribution in [-0.2, 0) is 4.74 Å². The molecule has 1 aromatic carbocycles. The molecule has 0 saturated heterocycles. The van der Waals surface area contributed by atoms with E-state index < -0.39 is 0 Å². The summed E-state index contributed by atoms with van der Waals surface area (Å²) in [5.74, 6) is -0.385. The van der Waals surface area contributed by atoms with E-state index in [1.807, 2.05) is 6.92 Å². The first-order chi connectivity index (χ1) is 8.01. The van der Waals surface area contributed by atoms with Crippen molar-refractivity contribution in [1.82, 2.24) is 5.32 Å². The van der Waals surface area contributed by atoms with E-state index in [9.17, 15) is 4.39 Å². The molecule has 0 amide bonds. The van der Waals surface area contributed by atoms with Crippen LogP contribution in [0.25, 0.3) is 0 Å². The van der Waals surface area contributed by atoms with Gasteiger partial charge in [-0.1, -0.05) is 17.7 Å². The smallest absolute Gasteiger partial charge is 0.147 e. The van der Waals surface area contributed by atoms with E-state index >= 15 is 0 Å². The van der Waals surface area contributed by atoms with E-state index in [1.165, 1.54) is 0 Å². The predicted molar refractivity (Wildman–Crippen MR) is 72.0 cm³/mol. The molecule has 0 aliphatic heterocycles. The van der Waals surface area contributed by atoms with Gasteiger partial charge in [0.15, 0.2) is 0 Å². The number of hydrogen-bond donors (Lipinski definition) is 1. The molecule has 1 rings (SSSR count). The highest BCUT2D eigenvalue weighted by atomic mass is 79.9. The molecule has 0 heterocycles. The second-order valence-corrected chi connectivity index (χ2v) is 5.12. The third-order valence-electron chi connectivity index (χ3n) is 2.76. The summed E-state index contributed by atoms with van der Waals surface area (Å²) < 4.78 is 19.8. The maximum atomic E-state index is 14.0. The molecular formula is C12H16BrClFNO. The van der Waals surface area contributed by atoms with Crippen LogP contribution < -0.4 is 5.32 Å². The lowest BCUT2D eigenvalue weighted by Gasteiger charge is -2.21. The highest BCUT2D eigenvalue weighted by molar-refractivity contribution is 9.10. The summed E-state index contributed by atoms with van der Waals surface area (Å²) in [6, 6.07) is 3.37. The van der Waals surface area contributed by atoms with E-state index in [0.717, 1.165) is 0 Å². The number of nitrogens with one attached hydrogen (secondary N) is 1. The Bertz CT molecular complexity index is 389. The number of benzene rings is 1. The third kappa shape index (κ3) is 3.65.